The molecule has 0 aliphatic carbocycles. The number of benzene rings is 7. The van der Waals surface area contributed by atoms with Gasteiger partial charge in [-0.25, -0.2) is 9.97 Å². The lowest BCUT2D eigenvalue weighted by Crippen LogP contribution is -2.09. The fraction of sp³-hybridized carbons (Fsp3) is 0. The molecule has 7 aromatic carbocycles. The van der Waals surface area contributed by atoms with Crippen LogP contribution in [0.15, 0.2) is 185 Å². The second kappa shape index (κ2) is 12.5. The number of hydrogen-bond acceptors (Lipinski definition) is 7. The smallest absolute Gasteiger partial charge is 0.227 e. The van der Waals surface area contributed by atoms with Crippen molar-refractivity contribution in [2.24, 2.45) is 0 Å². The molecule has 7 nitrogen and oxygen atoms in total. The molecule has 0 saturated carbocycles. The molecular formula is C48H29N5O2. The summed E-state index contributed by atoms with van der Waals surface area (Å²) in [7, 11) is 0. The summed E-state index contributed by atoms with van der Waals surface area (Å²) in [5.41, 5.74) is 10.1. The van der Waals surface area contributed by atoms with Gasteiger partial charge in [0.1, 0.15) is 11.0 Å². The van der Waals surface area contributed by atoms with Crippen molar-refractivity contribution >= 4 is 71.6 Å². The Morgan fingerprint density at radius 1 is 0.382 bits per heavy atom. The van der Waals surface area contributed by atoms with Gasteiger partial charge in [-0.05, 0) is 128 Å². The summed E-state index contributed by atoms with van der Waals surface area (Å²) in [5, 5.41) is 7.27. The summed E-state index contributed by atoms with van der Waals surface area (Å²) >= 11 is 0. The largest absolute Gasteiger partial charge is 0.434 e. The highest BCUT2D eigenvalue weighted by Crippen LogP contribution is 2.40. The highest BCUT2D eigenvalue weighted by molar-refractivity contribution is 6.09. The standard InChI is InChI=1S/C48H29N5O2/c1-2-4-33-25-34(6-5-30(33)3-1)35-13-19-41-36(26-35)7-8-37-27-40(18-20-42(37)41)53(38-14-9-31(10-15-38)47-51-43-21-23-49-28-45(43)54-47)39-16-11-32(12-17-39)48-52-44-22-24-50-29-46(44)55-48/h1-29H. The van der Waals surface area contributed by atoms with E-state index in [9.17, 15) is 0 Å². The fourth-order valence-corrected chi connectivity index (χ4v) is 7.51. The van der Waals surface area contributed by atoms with Crippen LogP contribution in [-0.2, 0) is 0 Å². The van der Waals surface area contributed by atoms with Crippen molar-refractivity contribution < 1.29 is 8.83 Å². The molecule has 55 heavy (non-hydrogen) atoms. The minimum absolute atomic E-state index is 0.556. The first-order valence-corrected chi connectivity index (χ1v) is 18.1. The summed E-state index contributed by atoms with van der Waals surface area (Å²) in [4.78, 5) is 20.0. The van der Waals surface area contributed by atoms with Crippen molar-refractivity contribution in [3.05, 3.63) is 176 Å². The Labute approximate surface area is 314 Å². The van der Waals surface area contributed by atoms with Gasteiger partial charge in [-0.1, -0.05) is 66.7 Å². The Balaban J connectivity index is 0.984. The highest BCUT2D eigenvalue weighted by atomic mass is 16.4. The van der Waals surface area contributed by atoms with E-state index in [0.29, 0.717) is 22.9 Å². The second-order valence-corrected chi connectivity index (χ2v) is 13.6. The predicted molar refractivity (Wildman–Crippen MR) is 221 cm³/mol. The van der Waals surface area contributed by atoms with Crippen molar-refractivity contribution in [3.63, 3.8) is 0 Å². The molecule has 7 heteroatoms. The van der Waals surface area contributed by atoms with Gasteiger partial charge in [-0.15, -0.1) is 0 Å². The predicted octanol–water partition coefficient (Wildman–Crippen LogP) is 12.7. The Morgan fingerprint density at radius 3 is 1.45 bits per heavy atom. The Morgan fingerprint density at radius 2 is 0.855 bits per heavy atom. The monoisotopic (exact) mass is 707 g/mol. The van der Waals surface area contributed by atoms with Crippen LogP contribution in [0, 0.1) is 0 Å². The van der Waals surface area contributed by atoms with Crippen LogP contribution >= 0.6 is 0 Å². The minimum atomic E-state index is 0.556. The van der Waals surface area contributed by atoms with Gasteiger partial charge in [-0.2, -0.15) is 0 Å². The summed E-state index contributed by atoms with van der Waals surface area (Å²) in [6.45, 7) is 0. The molecule has 0 radical (unpaired) electrons. The minimum Gasteiger partial charge on any atom is -0.434 e. The van der Waals surface area contributed by atoms with Crippen LogP contribution in [0.5, 0.6) is 0 Å². The first kappa shape index (κ1) is 30.9. The molecule has 11 rings (SSSR count). The number of fused-ring (bicyclic) bond motifs is 6. The van der Waals surface area contributed by atoms with Crippen LogP contribution in [-0.4, -0.2) is 19.9 Å². The van der Waals surface area contributed by atoms with Gasteiger partial charge in [0.05, 0.1) is 12.4 Å². The fourth-order valence-electron chi connectivity index (χ4n) is 7.51. The molecule has 0 aliphatic rings. The SMILES string of the molecule is c1ccc2cc(-c3ccc4c(ccc5cc(N(c6ccc(-c7nc8ccncc8o7)cc6)c6ccc(-c7nc8ccncc8o7)cc6)ccc54)c3)ccc2c1. The molecule has 0 N–H and O–H groups in total. The van der Waals surface area contributed by atoms with Gasteiger partial charge in [-0.3, -0.25) is 9.97 Å². The molecule has 0 aliphatic heterocycles. The van der Waals surface area contributed by atoms with Crippen LogP contribution in [0.3, 0.4) is 0 Å². The number of pyridine rings is 2. The van der Waals surface area contributed by atoms with E-state index in [4.69, 9.17) is 8.83 Å². The number of rotatable bonds is 6. The summed E-state index contributed by atoms with van der Waals surface area (Å²) in [6, 6.07) is 53.4. The van der Waals surface area contributed by atoms with Crippen LogP contribution in [0.2, 0.25) is 0 Å². The third kappa shape index (κ3) is 5.45. The van der Waals surface area contributed by atoms with Crippen LogP contribution in [0.25, 0.3) is 88.6 Å². The Hall–Kier alpha value is -7.64. The van der Waals surface area contributed by atoms with Gasteiger partial charge in [0.15, 0.2) is 11.2 Å². The van der Waals surface area contributed by atoms with E-state index < -0.39 is 0 Å². The second-order valence-electron chi connectivity index (χ2n) is 13.6. The molecule has 4 heterocycles. The van der Waals surface area contributed by atoms with Gasteiger partial charge >= 0.3 is 0 Å². The molecule has 0 amide bonds. The van der Waals surface area contributed by atoms with Crippen molar-refractivity contribution in [2.75, 3.05) is 4.90 Å². The first-order valence-electron chi connectivity index (χ1n) is 18.1. The maximum absolute atomic E-state index is 6.03. The molecule has 258 valence electrons. The number of aromatic nitrogens is 4. The lowest BCUT2D eigenvalue weighted by Gasteiger charge is -2.26. The number of nitrogens with zero attached hydrogens (tertiary/aromatic N) is 5. The molecule has 0 spiro atoms. The van der Waals surface area contributed by atoms with Gasteiger partial charge < -0.3 is 13.7 Å². The quantitative estimate of drug-likeness (QED) is 0.159. The topological polar surface area (TPSA) is 81.1 Å². The molecule has 4 aromatic heterocycles. The summed E-state index contributed by atoms with van der Waals surface area (Å²) < 4.78 is 12.1. The Bertz CT molecular complexity index is 3040. The van der Waals surface area contributed by atoms with Gasteiger partial charge in [0.25, 0.3) is 0 Å². The molecule has 0 atom stereocenters. The van der Waals surface area contributed by atoms with E-state index in [2.05, 4.69) is 140 Å². The van der Waals surface area contributed by atoms with Gasteiger partial charge in [0.2, 0.25) is 11.8 Å². The lowest BCUT2D eigenvalue weighted by molar-refractivity contribution is 0.618. The van der Waals surface area contributed by atoms with E-state index in [1.807, 2.05) is 36.4 Å². The molecule has 0 fully saturated rings. The molecule has 11 aromatic rings. The normalized spacial score (nSPS) is 11.6. The number of hydrogen-bond donors (Lipinski definition) is 0. The van der Waals surface area contributed by atoms with Gasteiger partial charge in [0, 0.05) is 40.6 Å². The van der Waals surface area contributed by atoms with Crippen LogP contribution < -0.4 is 4.90 Å². The molecular weight excluding hydrogens is 679 g/mol. The molecule has 0 unspecified atom stereocenters. The lowest BCUT2D eigenvalue weighted by atomic mass is 9.96. The zero-order valence-corrected chi connectivity index (χ0v) is 29.3. The first-order chi connectivity index (χ1) is 27.2. The average molecular weight is 708 g/mol. The third-order valence-corrected chi connectivity index (χ3v) is 10.3. The van der Waals surface area contributed by atoms with Crippen LogP contribution in [0.4, 0.5) is 17.1 Å². The Kier molecular flexibility index (Phi) is 7.03. The summed E-state index contributed by atoms with van der Waals surface area (Å²) in [6.07, 6.45) is 6.82. The average Bonchev–Trinajstić information content (AvgIpc) is 3.89. The molecule has 0 bridgehead atoms. The van der Waals surface area contributed by atoms with Crippen molar-refractivity contribution in [3.8, 4) is 34.0 Å². The van der Waals surface area contributed by atoms with E-state index in [1.54, 1.807) is 24.8 Å². The number of oxazole rings is 2. The van der Waals surface area contributed by atoms with Crippen molar-refractivity contribution in [1.29, 1.82) is 0 Å². The maximum atomic E-state index is 6.03. The summed E-state index contributed by atoms with van der Waals surface area (Å²) in [5.74, 6) is 1.11. The van der Waals surface area contributed by atoms with E-state index in [1.165, 1.54) is 38.1 Å². The third-order valence-electron chi connectivity index (χ3n) is 10.3. The zero-order chi connectivity index (χ0) is 36.3. The van der Waals surface area contributed by atoms with E-state index in [-0.39, 0.29) is 0 Å². The van der Waals surface area contributed by atoms with E-state index in [0.717, 1.165) is 44.6 Å². The van der Waals surface area contributed by atoms with Crippen molar-refractivity contribution in [2.45, 2.75) is 0 Å². The number of anilines is 3. The van der Waals surface area contributed by atoms with E-state index >= 15 is 0 Å². The van der Waals surface area contributed by atoms with Crippen molar-refractivity contribution in [1.82, 2.24) is 19.9 Å². The molecule has 0 saturated heterocycles. The highest BCUT2D eigenvalue weighted by Gasteiger charge is 2.17. The zero-order valence-electron chi connectivity index (χ0n) is 29.3. The van der Waals surface area contributed by atoms with Crippen LogP contribution in [0.1, 0.15) is 0 Å². The maximum Gasteiger partial charge on any atom is 0.227 e.